The Balaban J connectivity index is 1.58. The molecular formula is C16H14ClF2N2O8P. The molecule has 1 saturated heterocycles. The number of rotatable bonds is 4. The third-order valence-electron chi connectivity index (χ3n) is 4.23. The molecule has 0 spiro atoms. The van der Waals surface area contributed by atoms with Crippen molar-refractivity contribution in [3.63, 3.8) is 0 Å². The average molecular weight is 469 g/mol. The molecule has 0 radical (unpaired) electrons. The molecule has 2 aliphatic heterocycles. The minimum absolute atomic E-state index is 0.00760. The first-order valence-electron chi connectivity index (χ1n) is 9.32. The van der Waals surface area contributed by atoms with Crippen LogP contribution in [0.5, 0.6) is 5.75 Å². The van der Waals surface area contributed by atoms with Crippen molar-refractivity contribution in [1.29, 1.82) is 0 Å². The summed E-state index contributed by atoms with van der Waals surface area (Å²) in [6.45, 7) is -3.88. The Labute approximate surface area is 174 Å². The van der Waals surface area contributed by atoms with Crippen LogP contribution in [-0.2, 0) is 25.0 Å². The van der Waals surface area contributed by atoms with Gasteiger partial charge in [0.15, 0.2) is 6.23 Å². The molecule has 162 valence electrons. The summed E-state index contributed by atoms with van der Waals surface area (Å²) in [6.07, 6.45) is -4.55. The van der Waals surface area contributed by atoms with Gasteiger partial charge in [0.25, 0.3) is 5.56 Å². The van der Waals surface area contributed by atoms with Crippen molar-refractivity contribution in [2.24, 2.45) is 0 Å². The number of phosphoric acid groups is 1. The van der Waals surface area contributed by atoms with E-state index in [0.717, 1.165) is 0 Å². The Kier molecular flexibility index (Phi) is 4.70. The van der Waals surface area contributed by atoms with Gasteiger partial charge in [-0.05, 0) is 18.2 Å². The molecule has 14 heteroatoms. The highest BCUT2D eigenvalue weighted by Gasteiger charge is 2.50. The van der Waals surface area contributed by atoms with Crippen LogP contribution in [0.1, 0.15) is 21.0 Å². The summed E-state index contributed by atoms with van der Waals surface area (Å²) in [5.74, 6) is -4.90. The lowest BCUT2D eigenvalue weighted by molar-refractivity contribution is -0.179. The number of fused-ring (bicyclic) bond motifs is 1. The van der Waals surface area contributed by atoms with E-state index in [2.05, 4.69) is 0 Å². The van der Waals surface area contributed by atoms with Crippen molar-refractivity contribution in [3.05, 3.63) is 61.6 Å². The van der Waals surface area contributed by atoms with E-state index >= 15 is 4.39 Å². The third-order valence-corrected chi connectivity index (χ3v) is 5.64. The van der Waals surface area contributed by atoms with Gasteiger partial charge in [0.05, 0.1) is 15.5 Å². The van der Waals surface area contributed by atoms with Crippen LogP contribution >= 0.6 is 19.4 Å². The van der Waals surface area contributed by atoms with Gasteiger partial charge in [-0.1, -0.05) is 11.6 Å². The molecule has 0 bridgehead atoms. The lowest BCUT2D eigenvalue weighted by atomic mass is 10.2. The summed E-state index contributed by atoms with van der Waals surface area (Å²) in [4.78, 5) is 24.7. The molecule has 2 aromatic rings. The van der Waals surface area contributed by atoms with Gasteiger partial charge in [0, 0.05) is 17.0 Å². The average Bonchev–Trinajstić information content (AvgIpc) is 3.00. The van der Waals surface area contributed by atoms with Crippen molar-refractivity contribution < 1.29 is 39.5 Å². The zero-order valence-electron chi connectivity index (χ0n) is 16.7. The zero-order chi connectivity index (χ0) is 23.5. The number of benzene rings is 1. The van der Waals surface area contributed by atoms with Crippen LogP contribution in [0.3, 0.4) is 0 Å². The molecule has 3 heterocycles. The quantitative estimate of drug-likeness (QED) is 0.652. The van der Waals surface area contributed by atoms with E-state index in [-0.39, 0.29) is 12.4 Å². The third kappa shape index (κ3) is 4.07. The number of hydrogen-bond donors (Lipinski definition) is 2. The normalized spacial score (nSPS) is 32.1. The topological polar surface area (TPSA) is 129 Å². The van der Waals surface area contributed by atoms with Crippen LogP contribution in [-0.4, -0.2) is 33.2 Å². The molecular weight excluding hydrogens is 453 g/mol. The lowest BCUT2D eigenvalue weighted by Gasteiger charge is -2.27. The van der Waals surface area contributed by atoms with Crippen LogP contribution in [0, 0.1) is 5.82 Å². The summed E-state index contributed by atoms with van der Waals surface area (Å²) in [5, 5.41) is 10.5. The maximum absolute atomic E-state index is 15.4. The number of hydrogen-bond acceptors (Lipinski definition) is 8. The van der Waals surface area contributed by atoms with E-state index in [4.69, 9.17) is 32.7 Å². The molecule has 2 aliphatic rings. The van der Waals surface area contributed by atoms with E-state index in [1.807, 2.05) is 0 Å². The Morgan fingerprint density at radius 3 is 3.03 bits per heavy atom. The molecule has 4 rings (SSSR count). The van der Waals surface area contributed by atoms with Crippen molar-refractivity contribution in [2.75, 3.05) is 6.56 Å². The van der Waals surface area contributed by atoms with Gasteiger partial charge in [-0.25, -0.2) is 13.8 Å². The Hall–Kier alpha value is -2.08. The Morgan fingerprint density at radius 1 is 1.50 bits per heavy atom. The van der Waals surface area contributed by atoms with Crippen LogP contribution in [0.15, 0.2) is 34.0 Å². The van der Waals surface area contributed by atoms with E-state index in [1.165, 1.54) is 18.2 Å². The van der Waals surface area contributed by atoms with E-state index < -0.39 is 56.1 Å². The van der Waals surface area contributed by atoms with Crippen molar-refractivity contribution >= 4 is 19.4 Å². The van der Waals surface area contributed by atoms with E-state index in [1.54, 1.807) is 4.98 Å². The second-order valence-electron chi connectivity index (χ2n) is 6.41. The van der Waals surface area contributed by atoms with Gasteiger partial charge in [0.2, 0.25) is 11.7 Å². The number of ether oxygens (including phenoxy) is 1. The number of halogens is 3. The highest BCUT2D eigenvalue weighted by molar-refractivity contribution is 7.49. The molecule has 1 aromatic heterocycles. The second-order valence-corrected chi connectivity index (χ2v) is 8.36. The first-order valence-corrected chi connectivity index (χ1v) is 10.2. The predicted molar refractivity (Wildman–Crippen MR) is 96.3 cm³/mol. The van der Waals surface area contributed by atoms with Gasteiger partial charge in [-0.15, -0.1) is 0 Å². The molecule has 1 unspecified atom stereocenters. The number of aromatic amines is 1. The SMILES string of the molecule is [2H]C([2H])(OP1(=O)OCc2cc(Cl)ccc2O1)[C@]1(F)C[C@@H](O)[C@H](n2cc(F)c(=O)[nH]c2=O)O1. The van der Waals surface area contributed by atoms with Crippen molar-refractivity contribution in [1.82, 2.24) is 9.55 Å². The van der Waals surface area contributed by atoms with Crippen LogP contribution in [0.4, 0.5) is 8.78 Å². The number of phosphoric ester groups is 1. The maximum atomic E-state index is 15.4. The fraction of sp³-hybridized carbons (Fsp3) is 0.375. The second kappa shape index (κ2) is 7.56. The Morgan fingerprint density at radius 2 is 2.27 bits per heavy atom. The lowest BCUT2D eigenvalue weighted by Crippen LogP contribution is -2.37. The monoisotopic (exact) mass is 468 g/mol. The Bertz CT molecular complexity index is 1240. The first kappa shape index (κ1) is 18.7. The highest BCUT2D eigenvalue weighted by atomic mass is 35.5. The molecule has 2 N–H and O–H groups in total. The molecule has 10 nitrogen and oxygen atoms in total. The molecule has 30 heavy (non-hydrogen) atoms. The van der Waals surface area contributed by atoms with Crippen LogP contribution in [0.2, 0.25) is 5.02 Å². The smallest absolute Gasteiger partial charge is 0.404 e. The highest BCUT2D eigenvalue weighted by Crippen LogP contribution is 2.55. The van der Waals surface area contributed by atoms with Crippen LogP contribution < -0.4 is 15.8 Å². The fourth-order valence-corrected chi connectivity index (χ4v) is 4.16. The molecule has 1 aromatic carbocycles. The molecule has 1 fully saturated rings. The predicted octanol–water partition coefficient (Wildman–Crippen LogP) is 2.01. The van der Waals surface area contributed by atoms with Crippen molar-refractivity contribution in [3.8, 4) is 5.75 Å². The van der Waals surface area contributed by atoms with Gasteiger partial charge in [-0.3, -0.25) is 23.4 Å². The maximum Gasteiger partial charge on any atom is 0.530 e. The largest absolute Gasteiger partial charge is 0.530 e. The molecule has 0 aliphatic carbocycles. The number of H-pyrrole nitrogens is 1. The zero-order valence-corrected chi connectivity index (χ0v) is 16.4. The van der Waals surface area contributed by atoms with Gasteiger partial charge in [0.1, 0.15) is 18.4 Å². The first-order chi connectivity index (χ1) is 14.8. The summed E-state index contributed by atoms with van der Waals surface area (Å²) < 4.78 is 77.6. The van der Waals surface area contributed by atoms with Crippen LogP contribution in [0.25, 0.3) is 0 Å². The number of aliphatic hydroxyl groups excluding tert-OH is 1. The minimum Gasteiger partial charge on any atom is -0.404 e. The molecule has 0 saturated carbocycles. The van der Waals surface area contributed by atoms with Gasteiger partial charge < -0.3 is 14.4 Å². The summed E-state index contributed by atoms with van der Waals surface area (Å²) in [6, 6.07) is 4.19. The van der Waals surface area contributed by atoms with Gasteiger partial charge >= 0.3 is 13.5 Å². The summed E-state index contributed by atoms with van der Waals surface area (Å²) in [7, 11) is -4.71. The van der Waals surface area contributed by atoms with E-state index in [9.17, 15) is 23.7 Å². The molecule has 0 amide bonds. The number of aliphatic hydroxyl groups is 1. The van der Waals surface area contributed by atoms with Gasteiger partial charge in [-0.2, -0.15) is 4.39 Å². The van der Waals surface area contributed by atoms with E-state index in [0.29, 0.717) is 21.4 Å². The number of nitrogens with zero attached hydrogens (tertiary/aromatic N) is 1. The van der Waals surface area contributed by atoms with Crippen molar-refractivity contribution in [2.45, 2.75) is 31.2 Å². The summed E-state index contributed by atoms with van der Waals surface area (Å²) >= 11 is 5.84. The number of alkyl halides is 1. The molecule has 4 atom stereocenters. The number of nitrogens with one attached hydrogen (secondary N) is 1. The minimum atomic E-state index is -4.71. The fourth-order valence-electron chi connectivity index (χ4n) is 2.86. The number of aromatic nitrogens is 2. The summed E-state index contributed by atoms with van der Waals surface area (Å²) in [5.41, 5.74) is -2.21. The standard InChI is InChI=1S/C16H14ClF2N2O8P/c17-9-1-2-12-8(3-9)6-26-30(25,29-12)27-7-16(19)4-11(22)14(28-16)21-5-10(18)13(23)20-15(21)24/h1-3,5,11,14,22H,4,6-7H2,(H,20,23,24)/t11-,14-,16+,30?/m1/s1/i7D2.